The molecule has 1 aromatic carbocycles. The molecule has 4 nitrogen and oxygen atoms in total. The minimum absolute atomic E-state index is 0.0599. The van der Waals surface area contributed by atoms with Crippen LogP contribution in [0.1, 0.15) is 18.4 Å². The van der Waals surface area contributed by atoms with E-state index in [0.717, 1.165) is 12.2 Å². The minimum Gasteiger partial charge on any atom is -0.355 e. The number of likely N-dealkylation sites (tertiary alicyclic amines) is 1. The first kappa shape index (κ1) is 16.9. The first-order chi connectivity index (χ1) is 10.7. The maximum atomic E-state index is 12.1. The van der Waals surface area contributed by atoms with Crippen molar-refractivity contribution in [3.63, 3.8) is 0 Å². The summed E-state index contributed by atoms with van der Waals surface area (Å²) in [6.45, 7) is 1.95. The fraction of sp³-hybridized carbons (Fsp3) is 0.529. The molecule has 0 unspecified atom stereocenters. The molecule has 5 heteroatoms. The fourth-order valence-electron chi connectivity index (χ4n) is 2.67. The molecule has 1 aliphatic rings. The number of rotatable bonds is 7. The fourth-order valence-corrected chi connectivity index (χ4v) is 2.98. The Kier molecular flexibility index (Phi) is 6.77. The predicted octanol–water partition coefficient (Wildman–Crippen LogP) is 1.95. The summed E-state index contributed by atoms with van der Waals surface area (Å²) >= 11 is 1.72. The van der Waals surface area contributed by atoms with Crippen LogP contribution in [0.15, 0.2) is 30.3 Å². The zero-order valence-electron chi connectivity index (χ0n) is 13.1. The molecule has 22 heavy (non-hydrogen) atoms. The number of hydrogen-bond acceptors (Lipinski definition) is 3. The molecular weight excluding hydrogens is 296 g/mol. The van der Waals surface area contributed by atoms with Crippen molar-refractivity contribution < 1.29 is 9.59 Å². The van der Waals surface area contributed by atoms with Crippen LogP contribution in [0, 0.1) is 5.92 Å². The van der Waals surface area contributed by atoms with Gasteiger partial charge in [0.25, 0.3) is 0 Å². The normalized spacial score (nSPS) is 18.3. The van der Waals surface area contributed by atoms with Crippen LogP contribution in [-0.4, -0.2) is 48.4 Å². The minimum atomic E-state index is -0.0599. The highest BCUT2D eigenvalue weighted by molar-refractivity contribution is 7.98. The highest BCUT2D eigenvalue weighted by atomic mass is 32.2. The van der Waals surface area contributed by atoms with Crippen molar-refractivity contribution in [2.75, 3.05) is 31.6 Å². The summed E-state index contributed by atoms with van der Waals surface area (Å²) in [5, 5.41) is 2.96. The van der Waals surface area contributed by atoms with Crippen LogP contribution in [0.3, 0.4) is 0 Å². The van der Waals surface area contributed by atoms with Gasteiger partial charge in [-0.2, -0.15) is 11.8 Å². The van der Waals surface area contributed by atoms with E-state index >= 15 is 0 Å². The predicted molar refractivity (Wildman–Crippen MR) is 90.8 cm³/mol. The van der Waals surface area contributed by atoms with Gasteiger partial charge < -0.3 is 10.2 Å². The molecule has 2 rings (SSSR count). The molecule has 0 bridgehead atoms. The molecule has 2 amide bonds. The SMILES string of the molecule is CSCCNC(=O)[C@@H]1CCC(=O)N(CCc2ccccc2)C1. The quantitative estimate of drug-likeness (QED) is 0.781. The summed E-state index contributed by atoms with van der Waals surface area (Å²) in [6.07, 6.45) is 4.02. The second-order valence-electron chi connectivity index (χ2n) is 5.59. The molecule has 1 heterocycles. The lowest BCUT2D eigenvalue weighted by molar-refractivity contribution is -0.138. The van der Waals surface area contributed by atoms with E-state index in [1.165, 1.54) is 5.56 Å². The standard InChI is InChI=1S/C17H24N2O2S/c1-22-12-10-18-17(21)15-7-8-16(20)19(13-15)11-9-14-5-3-2-4-6-14/h2-6,15H,7-13H2,1H3,(H,18,21)/t15-/m1/s1. The number of carbonyl (C=O) groups is 2. The molecule has 1 N–H and O–H groups in total. The van der Waals surface area contributed by atoms with Crippen LogP contribution in [0.5, 0.6) is 0 Å². The second-order valence-corrected chi connectivity index (χ2v) is 6.58. The van der Waals surface area contributed by atoms with Crippen molar-refractivity contribution in [3.8, 4) is 0 Å². The van der Waals surface area contributed by atoms with Crippen molar-refractivity contribution in [1.29, 1.82) is 0 Å². The Bertz CT molecular complexity index is 493. The van der Waals surface area contributed by atoms with Crippen molar-refractivity contribution >= 4 is 23.6 Å². The van der Waals surface area contributed by atoms with E-state index in [4.69, 9.17) is 0 Å². The average molecular weight is 320 g/mol. The highest BCUT2D eigenvalue weighted by Gasteiger charge is 2.29. The van der Waals surface area contributed by atoms with Crippen LogP contribution < -0.4 is 5.32 Å². The second kappa shape index (κ2) is 8.83. The third-order valence-electron chi connectivity index (χ3n) is 3.99. The van der Waals surface area contributed by atoms with E-state index in [1.54, 1.807) is 11.8 Å². The van der Waals surface area contributed by atoms with Gasteiger partial charge in [-0.15, -0.1) is 0 Å². The van der Waals surface area contributed by atoms with Crippen molar-refractivity contribution in [2.24, 2.45) is 5.92 Å². The monoisotopic (exact) mass is 320 g/mol. The van der Waals surface area contributed by atoms with E-state index < -0.39 is 0 Å². The molecule has 1 aromatic rings. The van der Waals surface area contributed by atoms with Gasteiger partial charge in [-0.05, 0) is 24.7 Å². The first-order valence-corrected chi connectivity index (χ1v) is 9.18. The third kappa shape index (κ3) is 5.05. The number of piperidine rings is 1. The lowest BCUT2D eigenvalue weighted by atomic mass is 9.96. The van der Waals surface area contributed by atoms with Crippen LogP contribution in [0.25, 0.3) is 0 Å². The van der Waals surface area contributed by atoms with E-state index in [-0.39, 0.29) is 17.7 Å². The van der Waals surface area contributed by atoms with Crippen LogP contribution in [0.4, 0.5) is 0 Å². The number of benzene rings is 1. The van der Waals surface area contributed by atoms with Gasteiger partial charge in [-0.25, -0.2) is 0 Å². The molecule has 1 atom stereocenters. The molecule has 0 aliphatic carbocycles. The van der Waals surface area contributed by atoms with E-state index in [9.17, 15) is 9.59 Å². The Labute approximate surface area is 136 Å². The number of nitrogens with zero attached hydrogens (tertiary/aromatic N) is 1. The lowest BCUT2D eigenvalue weighted by Crippen LogP contribution is -2.46. The zero-order valence-corrected chi connectivity index (χ0v) is 13.9. The van der Waals surface area contributed by atoms with Crippen LogP contribution >= 0.6 is 11.8 Å². The molecule has 120 valence electrons. The maximum Gasteiger partial charge on any atom is 0.224 e. The van der Waals surface area contributed by atoms with Gasteiger partial charge in [0.1, 0.15) is 0 Å². The molecule has 1 fully saturated rings. The lowest BCUT2D eigenvalue weighted by Gasteiger charge is -2.32. The molecular formula is C17H24N2O2S. The van der Waals surface area contributed by atoms with Gasteiger partial charge in [0.05, 0.1) is 5.92 Å². The van der Waals surface area contributed by atoms with Gasteiger partial charge in [0.2, 0.25) is 11.8 Å². The summed E-state index contributed by atoms with van der Waals surface area (Å²) < 4.78 is 0. The van der Waals surface area contributed by atoms with Crippen LogP contribution in [0.2, 0.25) is 0 Å². The highest BCUT2D eigenvalue weighted by Crippen LogP contribution is 2.18. The number of carbonyl (C=O) groups excluding carboxylic acids is 2. The molecule has 0 spiro atoms. The molecule has 0 aromatic heterocycles. The number of hydrogen-bond donors (Lipinski definition) is 1. The summed E-state index contributed by atoms with van der Waals surface area (Å²) in [5.74, 6) is 1.13. The van der Waals surface area contributed by atoms with Gasteiger partial charge in [0, 0.05) is 31.8 Å². The Balaban J connectivity index is 1.82. The molecule has 1 saturated heterocycles. The van der Waals surface area contributed by atoms with Gasteiger partial charge in [-0.1, -0.05) is 30.3 Å². The zero-order chi connectivity index (χ0) is 15.8. The van der Waals surface area contributed by atoms with Crippen LogP contribution in [-0.2, 0) is 16.0 Å². The van der Waals surface area contributed by atoms with E-state index in [0.29, 0.717) is 32.5 Å². The molecule has 1 aliphatic heterocycles. The third-order valence-corrected chi connectivity index (χ3v) is 4.60. The van der Waals surface area contributed by atoms with Crippen molar-refractivity contribution in [2.45, 2.75) is 19.3 Å². The Morgan fingerprint density at radius 1 is 1.36 bits per heavy atom. The number of amides is 2. The molecule has 0 radical (unpaired) electrons. The average Bonchev–Trinajstić information content (AvgIpc) is 2.55. The smallest absolute Gasteiger partial charge is 0.224 e. The summed E-state index contributed by atoms with van der Waals surface area (Å²) in [7, 11) is 0. The van der Waals surface area contributed by atoms with Gasteiger partial charge in [0.15, 0.2) is 0 Å². The number of thioether (sulfide) groups is 1. The van der Waals surface area contributed by atoms with E-state index in [1.807, 2.05) is 29.4 Å². The van der Waals surface area contributed by atoms with Crippen molar-refractivity contribution in [1.82, 2.24) is 10.2 Å². The van der Waals surface area contributed by atoms with Gasteiger partial charge in [-0.3, -0.25) is 9.59 Å². The number of nitrogens with one attached hydrogen (secondary N) is 1. The summed E-state index contributed by atoms with van der Waals surface area (Å²) in [5.41, 5.74) is 1.22. The maximum absolute atomic E-state index is 12.1. The molecule has 0 saturated carbocycles. The first-order valence-electron chi connectivity index (χ1n) is 7.79. The topological polar surface area (TPSA) is 49.4 Å². The van der Waals surface area contributed by atoms with Gasteiger partial charge >= 0.3 is 0 Å². The Morgan fingerprint density at radius 2 is 2.14 bits per heavy atom. The van der Waals surface area contributed by atoms with E-state index in [2.05, 4.69) is 17.4 Å². The Morgan fingerprint density at radius 3 is 2.86 bits per heavy atom. The summed E-state index contributed by atoms with van der Waals surface area (Å²) in [4.78, 5) is 26.0. The summed E-state index contributed by atoms with van der Waals surface area (Å²) in [6, 6.07) is 10.2. The Hall–Kier alpha value is -1.49. The van der Waals surface area contributed by atoms with Crippen molar-refractivity contribution in [3.05, 3.63) is 35.9 Å². The largest absolute Gasteiger partial charge is 0.355 e.